The molecule has 0 bridgehead atoms. The van der Waals surface area contributed by atoms with E-state index >= 15 is 0 Å². The number of aryl methyl sites for hydroxylation is 1. The lowest BCUT2D eigenvalue weighted by molar-refractivity contribution is 0.376. The number of aliphatic imine (C=N–C) groups is 1. The molecule has 120 valence electrons. The molecule has 3 nitrogen and oxygen atoms in total. The first-order valence-electron chi connectivity index (χ1n) is 8.74. The first kappa shape index (κ1) is 14.7. The lowest BCUT2D eigenvalue weighted by Crippen LogP contribution is -2.16. The highest BCUT2D eigenvalue weighted by Gasteiger charge is 2.26. The van der Waals surface area contributed by atoms with Gasteiger partial charge in [-0.05, 0) is 70.5 Å². The smallest absolute Gasteiger partial charge is 0.0677 e. The van der Waals surface area contributed by atoms with Gasteiger partial charge in [-0.15, -0.1) is 0 Å². The van der Waals surface area contributed by atoms with Gasteiger partial charge in [-0.1, -0.05) is 12.2 Å². The summed E-state index contributed by atoms with van der Waals surface area (Å²) in [5, 5.41) is 0. The van der Waals surface area contributed by atoms with Crippen molar-refractivity contribution in [2.75, 3.05) is 20.6 Å². The zero-order valence-electron chi connectivity index (χ0n) is 14.1. The molecule has 3 heteroatoms. The molecule has 4 rings (SSSR count). The van der Waals surface area contributed by atoms with Gasteiger partial charge in [0.2, 0.25) is 0 Å². The molecule has 0 radical (unpaired) electrons. The Hall–Kier alpha value is -1.87. The second-order valence-electron chi connectivity index (χ2n) is 7.07. The Morgan fingerprint density at radius 3 is 3.13 bits per heavy atom. The third kappa shape index (κ3) is 2.63. The van der Waals surface area contributed by atoms with Crippen LogP contribution >= 0.6 is 0 Å². The van der Waals surface area contributed by atoms with Crippen LogP contribution in [0.25, 0.3) is 11.3 Å². The molecule has 0 amide bonds. The normalized spacial score (nSPS) is 22.0. The fourth-order valence-electron chi connectivity index (χ4n) is 3.97. The minimum atomic E-state index is 0.546. The van der Waals surface area contributed by atoms with Gasteiger partial charge in [0.05, 0.1) is 17.1 Å². The van der Waals surface area contributed by atoms with Gasteiger partial charge in [0.1, 0.15) is 0 Å². The van der Waals surface area contributed by atoms with Crippen LogP contribution in [0.4, 0.5) is 0 Å². The molecule has 23 heavy (non-hydrogen) atoms. The van der Waals surface area contributed by atoms with E-state index in [0.717, 1.165) is 25.8 Å². The first-order valence-corrected chi connectivity index (χ1v) is 8.74. The first-order chi connectivity index (χ1) is 11.2. The average molecular weight is 307 g/mol. The summed E-state index contributed by atoms with van der Waals surface area (Å²) in [6.07, 6.45) is 17.1. The summed E-state index contributed by atoms with van der Waals surface area (Å²) < 4.78 is 2.37. The molecule has 0 spiro atoms. The Balaban J connectivity index is 1.70. The molecule has 2 heterocycles. The quantitative estimate of drug-likeness (QED) is 0.824. The minimum absolute atomic E-state index is 0.546. The summed E-state index contributed by atoms with van der Waals surface area (Å²) in [5.74, 6) is 0.546. The number of allylic oxidation sites excluding steroid dienone is 6. The van der Waals surface area contributed by atoms with Crippen LogP contribution in [-0.2, 0) is 6.42 Å². The monoisotopic (exact) mass is 307 g/mol. The van der Waals surface area contributed by atoms with Gasteiger partial charge in [0, 0.05) is 23.9 Å². The van der Waals surface area contributed by atoms with E-state index < -0.39 is 0 Å². The van der Waals surface area contributed by atoms with Crippen LogP contribution in [0.2, 0.25) is 0 Å². The molecule has 3 aliphatic rings. The van der Waals surface area contributed by atoms with Crippen molar-refractivity contribution in [3.8, 4) is 0 Å². The fraction of sp³-hybridized carbons (Fsp3) is 0.450. The van der Waals surface area contributed by atoms with Gasteiger partial charge in [-0.3, -0.25) is 4.99 Å². The maximum absolute atomic E-state index is 4.94. The molecule has 1 atom stereocenters. The van der Waals surface area contributed by atoms with Crippen LogP contribution in [0.3, 0.4) is 0 Å². The van der Waals surface area contributed by atoms with Crippen LogP contribution < -0.4 is 0 Å². The number of nitrogens with zero attached hydrogens (tertiary/aromatic N) is 3. The molecule has 0 N–H and O–H groups in total. The third-order valence-corrected chi connectivity index (χ3v) is 5.13. The van der Waals surface area contributed by atoms with E-state index in [-0.39, 0.29) is 0 Å². The number of aromatic nitrogens is 1. The second kappa shape index (κ2) is 5.97. The van der Waals surface area contributed by atoms with Crippen LogP contribution in [0, 0.1) is 5.92 Å². The van der Waals surface area contributed by atoms with Crippen molar-refractivity contribution in [3.05, 3.63) is 47.4 Å². The zero-order valence-corrected chi connectivity index (χ0v) is 14.1. The molecule has 0 saturated carbocycles. The summed E-state index contributed by atoms with van der Waals surface area (Å²) in [6.45, 7) is 1.15. The van der Waals surface area contributed by atoms with Crippen molar-refractivity contribution in [3.63, 3.8) is 0 Å². The lowest BCUT2D eigenvalue weighted by atomic mass is 9.90. The molecule has 1 unspecified atom stereocenters. The van der Waals surface area contributed by atoms with E-state index in [1.165, 1.54) is 41.1 Å². The van der Waals surface area contributed by atoms with Gasteiger partial charge in [0.25, 0.3) is 0 Å². The minimum Gasteiger partial charge on any atom is -0.314 e. The number of fused-ring (bicyclic) bond motifs is 1. The summed E-state index contributed by atoms with van der Waals surface area (Å²) >= 11 is 0. The zero-order chi connectivity index (χ0) is 15.8. The number of hydrogen-bond donors (Lipinski definition) is 0. The Bertz CT molecular complexity index is 728. The highest BCUT2D eigenvalue weighted by Crippen LogP contribution is 2.38. The Morgan fingerprint density at radius 2 is 2.26 bits per heavy atom. The molecule has 1 aliphatic heterocycles. The lowest BCUT2D eigenvalue weighted by Gasteiger charge is -2.23. The van der Waals surface area contributed by atoms with Gasteiger partial charge in [-0.2, -0.15) is 0 Å². The van der Waals surface area contributed by atoms with E-state index in [9.17, 15) is 0 Å². The number of rotatable bonds is 4. The van der Waals surface area contributed by atoms with Crippen LogP contribution in [0.5, 0.6) is 0 Å². The predicted octanol–water partition coefficient (Wildman–Crippen LogP) is 3.99. The predicted molar refractivity (Wildman–Crippen MR) is 97.5 cm³/mol. The van der Waals surface area contributed by atoms with Gasteiger partial charge >= 0.3 is 0 Å². The number of hydrogen-bond acceptors (Lipinski definition) is 2. The standard InChI is InChI=1S/C20H25N3/c1-22(2)12-5-9-15-6-4-10-18-19(15)21-14-17-8-3-7-16-11-13-23(18)20(16)17/h4,8,10-11,13-15H,3,5-7,9,12H2,1-2H3. The van der Waals surface area contributed by atoms with E-state index in [2.05, 4.69) is 60.3 Å². The largest absolute Gasteiger partial charge is 0.314 e. The van der Waals surface area contributed by atoms with Crippen molar-refractivity contribution < 1.29 is 0 Å². The van der Waals surface area contributed by atoms with E-state index in [0.29, 0.717) is 5.92 Å². The van der Waals surface area contributed by atoms with Gasteiger partial charge < -0.3 is 9.47 Å². The summed E-state index contributed by atoms with van der Waals surface area (Å²) in [5.41, 5.74) is 6.69. The second-order valence-corrected chi connectivity index (χ2v) is 7.07. The summed E-state index contributed by atoms with van der Waals surface area (Å²) in [7, 11) is 4.30. The molecule has 1 aromatic rings. The van der Waals surface area contributed by atoms with Crippen molar-refractivity contribution in [2.45, 2.75) is 32.1 Å². The van der Waals surface area contributed by atoms with Crippen LogP contribution in [-0.4, -0.2) is 36.3 Å². The van der Waals surface area contributed by atoms with Gasteiger partial charge in [-0.25, -0.2) is 0 Å². The molecule has 0 fully saturated rings. The van der Waals surface area contributed by atoms with E-state index in [1.54, 1.807) is 0 Å². The summed E-state index contributed by atoms with van der Waals surface area (Å²) in [6, 6.07) is 2.29. The SMILES string of the molecule is CN(C)CCCC1CC=CC2=C1N=CC1=CCCc3ccn2c31. The van der Waals surface area contributed by atoms with Crippen molar-refractivity contribution >= 4 is 17.5 Å². The molecule has 0 aromatic carbocycles. The van der Waals surface area contributed by atoms with E-state index in [1.807, 2.05) is 0 Å². The summed E-state index contributed by atoms with van der Waals surface area (Å²) in [4.78, 5) is 7.21. The molecule has 1 aromatic heterocycles. The van der Waals surface area contributed by atoms with Crippen molar-refractivity contribution in [1.29, 1.82) is 0 Å². The highest BCUT2D eigenvalue weighted by molar-refractivity contribution is 6.12. The third-order valence-electron chi connectivity index (χ3n) is 5.13. The van der Waals surface area contributed by atoms with Crippen LogP contribution in [0.1, 0.15) is 36.9 Å². The molecular weight excluding hydrogens is 282 g/mol. The van der Waals surface area contributed by atoms with Gasteiger partial charge in [0.15, 0.2) is 0 Å². The average Bonchev–Trinajstić information content (AvgIpc) is 2.89. The topological polar surface area (TPSA) is 20.5 Å². The molecule has 0 saturated heterocycles. The van der Waals surface area contributed by atoms with Crippen molar-refractivity contribution in [1.82, 2.24) is 9.47 Å². The maximum Gasteiger partial charge on any atom is 0.0677 e. The van der Waals surface area contributed by atoms with Crippen LogP contribution in [0.15, 0.2) is 41.2 Å². The maximum atomic E-state index is 4.94. The Morgan fingerprint density at radius 1 is 1.35 bits per heavy atom. The van der Waals surface area contributed by atoms with Crippen molar-refractivity contribution in [2.24, 2.45) is 10.9 Å². The molecular formula is C20H25N3. The Kier molecular flexibility index (Phi) is 3.82. The van der Waals surface area contributed by atoms with E-state index in [4.69, 9.17) is 4.99 Å². The fourth-order valence-corrected chi connectivity index (χ4v) is 3.97. The molecule has 2 aliphatic carbocycles. The Labute approximate surface area is 138 Å². The highest BCUT2D eigenvalue weighted by atomic mass is 15.0.